The number of para-hydroxylation sites is 1. The number of hydrogen-bond acceptors (Lipinski definition) is 3. The van der Waals surface area contributed by atoms with Crippen LogP contribution < -0.4 is 10.7 Å². The maximum absolute atomic E-state index is 12.3. The van der Waals surface area contributed by atoms with E-state index in [1.807, 2.05) is 36.5 Å². The van der Waals surface area contributed by atoms with E-state index in [4.69, 9.17) is 0 Å². The van der Waals surface area contributed by atoms with Crippen LogP contribution in [0.25, 0.3) is 10.9 Å². The van der Waals surface area contributed by atoms with E-state index < -0.39 is 0 Å². The Kier molecular flexibility index (Phi) is 5.47. The number of anilines is 1. The number of allylic oxidation sites excluding steroid dienone is 1. The molecule has 6 nitrogen and oxygen atoms in total. The first-order chi connectivity index (χ1) is 13.1. The highest BCUT2D eigenvalue weighted by Crippen LogP contribution is 2.20. The zero-order valence-corrected chi connectivity index (χ0v) is 15.0. The monoisotopic (exact) mass is 360 g/mol. The smallest absolute Gasteiger partial charge is 0.271 e. The molecule has 0 atom stereocenters. The molecule has 0 aliphatic carbocycles. The minimum absolute atomic E-state index is 0.193. The number of fused-ring (bicyclic) bond motifs is 1. The molecule has 2 amide bonds. The molecule has 3 rings (SSSR count). The summed E-state index contributed by atoms with van der Waals surface area (Å²) in [6.07, 6.45) is 5.42. The lowest BCUT2D eigenvalue weighted by Gasteiger charge is -2.04. The molecular weight excluding hydrogens is 340 g/mol. The molecule has 136 valence electrons. The quantitative estimate of drug-likeness (QED) is 0.401. The molecule has 0 saturated heterocycles. The number of hydrazone groups is 1. The Morgan fingerprint density at radius 3 is 2.78 bits per heavy atom. The van der Waals surface area contributed by atoms with Crippen molar-refractivity contribution in [3.63, 3.8) is 0 Å². The number of hydrogen-bond donors (Lipinski definition) is 2. The van der Waals surface area contributed by atoms with Gasteiger partial charge in [-0.05, 0) is 24.3 Å². The topological polar surface area (TPSA) is 75.5 Å². The lowest BCUT2D eigenvalue weighted by atomic mass is 10.2. The fourth-order valence-corrected chi connectivity index (χ4v) is 2.83. The Bertz CT molecular complexity index is 1030. The van der Waals surface area contributed by atoms with Gasteiger partial charge in [-0.15, -0.1) is 6.58 Å². The number of benzene rings is 2. The van der Waals surface area contributed by atoms with Crippen LogP contribution in [0.3, 0.4) is 0 Å². The van der Waals surface area contributed by atoms with Gasteiger partial charge in [0.05, 0.1) is 6.21 Å². The third-order valence-electron chi connectivity index (χ3n) is 3.96. The summed E-state index contributed by atoms with van der Waals surface area (Å²) in [5, 5.41) is 7.78. The van der Waals surface area contributed by atoms with Gasteiger partial charge in [0.15, 0.2) is 0 Å². The second-order valence-electron chi connectivity index (χ2n) is 6.00. The zero-order valence-electron chi connectivity index (χ0n) is 15.0. The SMILES string of the molecule is C=CCn1cc(/C=N\NC(=O)c2cccc(NC(C)=O)c2)c2ccccc21. The van der Waals surface area contributed by atoms with Crippen molar-refractivity contribution in [3.8, 4) is 0 Å². The molecule has 0 aliphatic rings. The normalized spacial score (nSPS) is 10.9. The summed E-state index contributed by atoms with van der Waals surface area (Å²) < 4.78 is 2.07. The Balaban J connectivity index is 1.76. The van der Waals surface area contributed by atoms with Crippen LogP contribution in [0, 0.1) is 0 Å². The molecule has 1 heterocycles. The number of amides is 2. The van der Waals surface area contributed by atoms with E-state index in [1.54, 1.807) is 30.5 Å². The molecule has 0 unspecified atom stereocenters. The second-order valence-corrected chi connectivity index (χ2v) is 6.00. The van der Waals surface area contributed by atoms with E-state index in [-0.39, 0.29) is 11.8 Å². The van der Waals surface area contributed by atoms with Gasteiger partial charge in [-0.2, -0.15) is 5.10 Å². The first-order valence-corrected chi connectivity index (χ1v) is 8.48. The molecular formula is C21H20N4O2. The van der Waals surface area contributed by atoms with E-state index >= 15 is 0 Å². The van der Waals surface area contributed by atoms with Gasteiger partial charge in [0.2, 0.25) is 5.91 Å². The molecule has 1 aromatic heterocycles. The van der Waals surface area contributed by atoms with Crippen molar-refractivity contribution < 1.29 is 9.59 Å². The van der Waals surface area contributed by atoms with Crippen LogP contribution in [0.1, 0.15) is 22.8 Å². The summed E-state index contributed by atoms with van der Waals surface area (Å²) in [6, 6.07) is 14.7. The maximum atomic E-state index is 12.3. The van der Waals surface area contributed by atoms with Crippen LogP contribution in [0.2, 0.25) is 0 Å². The van der Waals surface area contributed by atoms with Gasteiger partial charge in [0.1, 0.15) is 0 Å². The molecule has 0 radical (unpaired) electrons. The van der Waals surface area contributed by atoms with Crippen molar-refractivity contribution in [2.45, 2.75) is 13.5 Å². The van der Waals surface area contributed by atoms with E-state index in [2.05, 4.69) is 27.0 Å². The fraction of sp³-hybridized carbons (Fsp3) is 0.0952. The Morgan fingerprint density at radius 2 is 2.00 bits per heavy atom. The first kappa shape index (κ1) is 18.1. The number of rotatable bonds is 6. The minimum atomic E-state index is -0.353. The van der Waals surface area contributed by atoms with Crippen LogP contribution in [0.4, 0.5) is 5.69 Å². The Hall–Kier alpha value is -3.67. The average Bonchev–Trinajstić information content (AvgIpc) is 3.00. The highest BCUT2D eigenvalue weighted by atomic mass is 16.2. The van der Waals surface area contributed by atoms with Crippen LogP contribution >= 0.6 is 0 Å². The number of nitrogens with one attached hydrogen (secondary N) is 2. The Labute approximate surface area is 157 Å². The molecule has 0 spiro atoms. The highest BCUT2D eigenvalue weighted by molar-refractivity contribution is 6.01. The van der Waals surface area contributed by atoms with Crippen LogP contribution in [0.5, 0.6) is 0 Å². The largest absolute Gasteiger partial charge is 0.343 e. The van der Waals surface area contributed by atoms with Crippen molar-refractivity contribution in [3.05, 3.63) is 78.5 Å². The minimum Gasteiger partial charge on any atom is -0.343 e. The summed E-state index contributed by atoms with van der Waals surface area (Å²) in [5.74, 6) is -0.547. The van der Waals surface area contributed by atoms with Gasteiger partial charge in [0.25, 0.3) is 5.91 Å². The molecule has 6 heteroatoms. The predicted octanol–water partition coefficient (Wildman–Crippen LogP) is 3.55. The van der Waals surface area contributed by atoms with Crippen LogP contribution in [-0.4, -0.2) is 22.6 Å². The molecule has 0 saturated carbocycles. The van der Waals surface area contributed by atoms with E-state index in [1.165, 1.54) is 6.92 Å². The lowest BCUT2D eigenvalue weighted by Crippen LogP contribution is -2.18. The zero-order chi connectivity index (χ0) is 19.2. The van der Waals surface area contributed by atoms with Crippen molar-refractivity contribution in [1.29, 1.82) is 0 Å². The van der Waals surface area contributed by atoms with Gasteiger partial charge >= 0.3 is 0 Å². The van der Waals surface area contributed by atoms with E-state index in [9.17, 15) is 9.59 Å². The first-order valence-electron chi connectivity index (χ1n) is 8.48. The maximum Gasteiger partial charge on any atom is 0.271 e. The molecule has 2 aromatic carbocycles. The van der Waals surface area contributed by atoms with Gasteiger partial charge < -0.3 is 9.88 Å². The van der Waals surface area contributed by atoms with Crippen molar-refractivity contribution >= 4 is 34.6 Å². The molecule has 0 aliphatic heterocycles. The van der Waals surface area contributed by atoms with Crippen molar-refractivity contribution in [2.75, 3.05) is 5.32 Å². The van der Waals surface area contributed by atoms with E-state index in [0.29, 0.717) is 17.8 Å². The van der Waals surface area contributed by atoms with Gasteiger partial charge in [-0.3, -0.25) is 9.59 Å². The predicted molar refractivity (Wildman–Crippen MR) is 108 cm³/mol. The van der Waals surface area contributed by atoms with Crippen LogP contribution in [-0.2, 0) is 11.3 Å². The molecule has 3 aromatic rings. The summed E-state index contributed by atoms with van der Waals surface area (Å²) in [5.41, 5.74) is 5.47. The summed E-state index contributed by atoms with van der Waals surface area (Å²) in [7, 11) is 0. The van der Waals surface area contributed by atoms with Gasteiger partial charge in [-0.1, -0.05) is 30.3 Å². The van der Waals surface area contributed by atoms with E-state index in [0.717, 1.165) is 16.5 Å². The van der Waals surface area contributed by atoms with Crippen LogP contribution in [0.15, 0.2) is 72.5 Å². The molecule has 2 N–H and O–H groups in total. The molecule has 0 fully saturated rings. The molecule has 27 heavy (non-hydrogen) atoms. The fourth-order valence-electron chi connectivity index (χ4n) is 2.83. The number of nitrogens with zero attached hydrogens (tertiary/aromatic N) is 2. The second kappa shape index (κ2) is 8.14. The standard InChI is InChI=1S/C21H20N4O2/c1-3-11-25-14-17(19-9-4-5-10-20(19)25)13-22-24-21(27)16-7-6-8-18(12-16)23-15(2)26/h3-10,12-14H,1,11H2,2H3,(H,23,26)(H,24,27)/b22-13-. The van der Waals surface area contributed by atoms with Crippen molar-refractivity contribution in [2.24, 2.45) is 5.10 Å². The third kappa shape index (κ3) is 4.30. The Morgan fingerprint density at radius 1 is 1.19 bits per heavy atom. The van der Waals surface area contributed by atoms with Gasteiger partial charge in [-0.25, -0.2) is 5.43 Å². The number of carbonyl (C=O) groups excluding carboxylic acids is 2. The number of aromatic nitrogens is 1. The summed E-state index contributed by atoms with van der Waals surface area (Å²) in [4.78, 5) is 23.4. The summed E-state index contributed by atoms with van der Waals surface area (Å²) in [6.45, 7) is 5.89. The molecule has 0 bridgehead atoms. The summed E-state index contributed by atoms with van der Waals surface area (Å²) >= 11 is 0. The third-order valence-corrected chi connectivity index (χ3v) is 3.96. The van der Waals surface area contributed by atoms with Crippen molar-refractivity contribution in [1.82, 2.24) is 9.99 Å². The lowest BCUT2D eigenvalue weighted by molar-refractivity contribution is -0.114. The highest BCUT2D eigenvalue weighted by Gasteiger charge is 2.07. The van der Waals surface area contributed by atoms with Gasteiger partial charge in [0, 0.05) is 47.4 Å². The average molecular weight is 360 g/mol. The number of carbonyl (C=O) groups is 2.